The average Bonchev–Trinajstić information content (AvgIpc) is 2.96. The molecule has 2 nitrogen and oxygen atoms in total. The molecular formula is C19H28F2N2S. The summed E-state index contributed by atoms with van der Waals surface area (Å²) in [6, 6.07) is 0. The standard InChI is InChI=1S/C19H28F2N2S/c1-18(12-19(20,21)13-18)17-22-15-11-23(10-8-16(15)24-17)9-7-14-5-3-2-4-6-14/h14H,2-13H2,1H3. The molecule has 0 spiro atoms. The fraction of sp³-hybridized carbons (Fsp3) is 0.842. The Bertz CT molecular complexity index is 584. The van der Waals surface area contributed by atoms with Crippen molar-refractivity contribution in [2.75, 3.05) is 13.1 Å². The third kappa shape index (κ3) is 3.39. The van der Waals surface area contributed by atoms with Gasteiger partial charge in [-0.1, -0.05) is 39.0 Å². The molecule has 1 aromatic rings. The summed E-state index contributed by atoms with van der Waals surface area (Å²) in [7, 11) is 0. The molecule has 134 valence electrons. The predicted molar refractivity (Wildman–Crippen MR) is 93.8 cm³/mol. The van der Waals surface area contributed by atoms with Gasteiger partial charge in [-0.25, -0.2) is 13.8 Å². The van der Waals surface area contributed by atoms with Crippen molar-refractivity contribution in [3.05, 3.63) is 15.6 Å². The van der Waals surface area contributed by atoms with Crippen LogP contribution in [-0.2, 0) is 18.4 Å². The molecule has 0 aromatic carbocycles. The summed E-state index contributed by atoms with van der Waals surface area (Å²) >= 11 is 1.70. The van der Waals surface area contributed by atoms with Gasteiger partial charge in [-0.15, -0.1) is 11.3 Å². The van der Waals surface area contributed by atoms with Crippen molar-refractivity contribution < 1.29 is 8.78 Å². The molecule has 4 rings (SSSR count). The average molecular weight is 355 g/mol. The minimum absolute atomic E-state index is 0.0300. The van der Waals surface area contributed by atoms with Crippen LogP contribution in [0.1, 0.15) is 73.9 Å². The van der Waals surface area contributed by atoms with Gasteiger partial charge in [-0.05, 0) is 25.3 Å². The van der Waals surface area contributed by atoms with E-state index in [1.807, 2.05) is 6.92 Å². The molecule has 2 aliphatic carbocycles. The van der Waals surface area contributed by atoms with E-state index in [-0.39, 0.29) is 12.8 Å². The highest BCUT2D eigenvalue weighted by Gasteiger charge is 2.56. The Morgan fingerprint density at radius 1 is 1.21 bits per heavy atom. The van der Waals surface area contributed by atoms with Gasteiger partial charge in [0.25, 0.3) is 0 Å². The Morgan fingerprint density at radius 3 is 2.67 bits per heavy atom. The van der Waals surface area contributed by atoms with Gasteiger partial charge in [0.15, 0.2) is 0 Å². The Labute approximate surface area is 147 Å². The topological polar surface area (TPSA) is 16.1 Å². The quantitative estimate of drug-likeness (QED) is 0.742. The maximum absolute atomic E-state index is 13.3. The van der Waals surface area contributed by atoms with Crippen molar-refractivity contribution in [2.45, 2.75) is 82.6 Å². The Balaban J connectivity index is 1.35. The lowest BCUT2D eigenvalue weighted by Gasteiger charge is -2.43. The second-order valence-corrected chi connectivity index (χ2v) is 9.56. The highest BCUT2D eigenvalue weighted by molar-refractivity contribution is 7.12. The molecule has 5 heteroatoms. The first-order valence-corrected chi connectivity index (χ1v) is 10.3. The molecule has 0 radical (unpaired) electrons. The van der Waals surface area contributed by atoms with Gasteiger partial charge < -0.3 is 0 Å². The van der Waals surface area contributed by atoms with Crippen molar-refractivity contribution >= 4 is 11.3 Å². The van der Waals surface area contributed by atoms with Crippen LogP contribution in [0.2, 0.25) is 0 Å². The van der Waals surface area contributed by atoms with Crippen LogP contribution >= 0.6 is 11.3 Å². The maximum Gasteiger partial charge on any atom is 0.250 e. The number of aromatic nitrogens is 1. The Kier molecular flexibility index (Phi) is 4.44. The third-order valence-corrected chi connectivity index (χ3v) is 7.66. The molecule has 3 aliphatic rings. The maximum atomic E-state index is 13.3. The first-order valence-electron chi connectivity index (χ1n) is 9.53. The summed E-state index contributed by atoms with van der Waals surface area (Å²) in [6.45, 7) is 5.15. The van der Waals surface area contributed by atoms with E-state index >= 15 is 0 Å². The fourth-order valence-electron chi connectivity index (χ4n) is 4.78. The fourth-order valence-corrected chi connectivity index (χ4v) is 5.99. The van der Waals surface area contributed by atoms with E-state index in [9.17, 15) is 8.78 Å². The van der Waals surface area contributed by atoms with Gasteiger partial charge >= 0.3 is 0 Å². The minimum atomic E-state index is -2.48. The van der Waals surface area contributed by atoms with Gasteiger partial charge in [0.2, 0.25) is 5.92 Å². The van der Waals surface area contributed by atoms with Gasteiger partial charge in [-0.3, -0.25) is 4.90 Å². The molecule has 0 N–H and O–H groups in total. The molecular weight excluding hydrogens is 326 g/mol. The van der Waals surface area contributed by atoms with E-state index in [1.54, 1.807) is 11.3 Å². The van der Waals surface area contributed by atoms with E-state index in [2.05, 4.69) is 4.90 Å². The van der Waals surface area contributed by atoms with Crippen LogP contribution < -0.4 is 0 Å². The minimum Gasteiger partial charge on any atom is -0.297 e. The summed E-state index contributed by atoms with van der Waals surface area (Å²) in [4.78, 5) is 8.67. The predicted octanol–water partition coefficient (Wildman–Crippen LogP) is 5.16. The van der Waals surface area contributed by atoms with Crippen LogP contribution in [0.25, 0.3) is 0 Å². The zero-order valence-corrected chi connectivity index (χ0v) is 15.4. The monoisotopic (exact) mass is 354 g/mol. The van der Waals surface area contributed by atoms with Crippen molar-refractivity contribution in [3.63, 3.8) is 0 Å². The van der Waals surface area contributed by atoms with E-state index < -0.39 is 11.3 Å². The summed E-state index contributed by atoms with van der Waals surface area (Å²) in [5, 5.41) is 0.951. The third-order valence-electron chi connectivity index (χ3n) is 6.20. The van der Waals surface area contributed by atoms with E-state index in [1.165, 1.54) is 55.6 Å². The lowest BCUT2D eigenvalue weighted by Crippen LogP contribution is -2.47. The number of thiazole rings is 1. The number of nitrogens with zero attached hydrogens (tertiary/aromatic N) is 2. The zero-order valence-electron chi connectivity index (χ0n) is 14.6. The highest BCUT2D eigenvalue weighted by Crippen LogP contribution is 2.54. The Hall–Kier alpha value is -0.550. The van der Waals surface area contributed by atoms with Crippen molar-refractivity contribution in [3.8, 4) is 0 Å². The number of alkyl halides is 2. The van der Waals surface area contributed by atoms with Gasteiger partial charge in [0.05, 0.1) is 10.7 Å². The van der Waals surface area contributed by atoms with Crippen LogP contribution in [0.4, 0.5) is 8.78 Å². The zero-order chi connectivity index (χ0) is 16.8. The van der Waals surface area contributed by atoms with E-state index in [4.69, 9.17) is 4.98 Å². The molecule has 1 aliphatic heterocycles. The molecule has 24 heavy (non-hydrogen) atoms. The first kappa shape index (κ1) is 16.9. The van der Waals surface area contributed by atoms with Crippen molar-refractivity contribution in [1.82, 2.24) is 9.88 Å². The first-order chi connectivity index (χ1) is 11.4. The van der Waals surface area contributed by atoms with Crippen LogP contribution in [0.15, 0.2) is 0 Å². The molecule has 0 bridgehead atoms. The summed E-state index contributed by atoms with van der Waals surface area (Å²) in [5.41, 5.74) is 0.777. The van der Waals surface area contributed by atoms with Crippen LogP contribution in [0, 0.1) is 5.92 Å². The molecule has 0 atom stereocenters. The van der Waals surface area contributed by atoms with Crippen molar-refractivity contribution in [1.29, 1.82) is 0 Å². The number of rotatable bonds is 4. The largest absolute Gasteiger partial charge is 0.297 e. The van der Waals surface area contributed by atoms with Crippen LogP contribution in [-0.4, -0.2) is 28.9 Å². The molecule has 2 saturated carbocycles. The SMILES string of the molecule is CC1(c2nc3c(s2)CCN(CCC2CCCCC2)C3)CC(F)(F)C1. The molecule has 0 unspecified atom stereocenters. The molecule has 2 fully saturated rings. The van der Waals surface area contributed by atoms with Crippen LogP contribution in [0.3, 0.4) is 0 Å². The lowest BCUT2D eigenvalue weighted by atomic mass is 9.68. The van der Waals surface area contributed by atoms with Gasteiger partial charge in [-0.2, -0.15) is 0 Å². The number of hydrogen-bond acceptors (Lipinski definition) is 3. The summed E-state index contributed by atoms with van der Waals surface area (Å²) in [5.74, 6) is -1.56. The van der Waals surface area contributed by atoms with E-state index in [0.717, 1.165) is 30.4 Å². The lowest BCUT2D eigenvalue weighted by molar-refractivity contribution is -0.121. The number of halogens is 2. The molecule has 2 heterocycles. The van der Waals surface area contributed by atoms with Crippen LogP contribution in [0.5, 0.6) is 0 Å². The second-order valence-electron chi connectivity index (χ2n) is 8.48. The number of hydrogen-bond donors (Lipinski definition) is 0. The van der Waals surface area contributed by atoms with Gasteiger partial charge in [0.1, 0.15) is 0 Å². The summed E-state index contributed by atoms with van der Waals surface area (Å²) in [6.07, 6.45) is 9.36. The van der Waals surface area contributed by atoms with E-state index in [0.29, 0.717) is 0 Å². The molecule has 0 amide bonds. The molecule has 0 saturated heterocycles. The normalized spacial score (nSPS) is 26.8. The highest BCUT2D eigenvalue weighted by atomic mass is 32.1. The summed E-state index contributed by atoms with van der Waals surface area (Å²) < 4.78 is 26.6. The number of fused-ring (bicyclic) bond motifs is 1. The second kappa shape index (κ2) is 6.31. The van der Waals surface area contributed by atoms with Gasteiger partial charge in [0, 0.05) is 36.2 Å². The molecule has 1 aromatic heterocycles. The Morgan fingerprint density at radius 2 is 1.96 bits per heavy atom. The van der Waals surface area contributed by atoms with Crippen molar-refractivity contribution in [2.24, 2.45) is 5.92 Å². The smallest absolute Gasteiger partial charge is 0.250 e.